The normalized spacial score (nSPS) is 26.7. The third kappa shape index (κ3) is 2.38. The summed E-state index contributed by atoms with van der Waals surface area (Å²) in [6.07, 6.45) is 1.90. The molecule has 26 heavy (non-hydrogen) atoms. The average Bonchev–Trinajstić information content (AvgIpc) is 3.01. The van der Waals surface area contributed by atoms with Crippen LogP contribution < -0.4 is 10.6 Å². The van der Waals surface area contributed by atoms with Crippen molar-refractivity contribution in [2.45, 2.75) is 18.5 Å². The predicted octanol–water partition coefficient (Wildman–Crippen LogP) is 0.214. The fourth-order valence-corrected chi connectivity index (χ4v) is 3.46. The number of carboxylic acid groups (broad SMARTS) is 1. The van der Waals surface area contributed by atoms with E-state index in [4.69, 9.17) is 10.5 Å². The van der Waals surface area contributed by atoms with Crippen molar-refractivity contribution in [1.29, 1.82) is 0 Å². The molecule has 1 aromatic rings. The largest absolute Gasteiger partial charge is 0.489 e. The van der Waals surface area contributed by atoms with Gasteiger partial charge in [0, 0.05) is 17.8 Å². The number of amides is 2. The highest BCUT2D eigenvalue weighted by molar-refractivity contribution is 6.08. The van der Waals surface area contributed by atoms with Crippen LogP contribution in [0.3, 0.4) is 0 Å². The molecule has 3 N–H and O–H groups in total. The highest BCUT2D eigenvalue weighted by atomic mass is 16.5. The number of β-lactam (4-membered cyclic amide) rings is 1. The molecule has 0 aliphatic carbocycles. The van der Waals surface area contributed by atoms with Crippen LogP contribution in [0.1, 0.15) is 6.42 Å². The van der Waals surface area contributed by atoms with Crippen LogP contribution in [0.15, 0.2) is 53.4 Å². The first-order valence-electron chi connectivity index (χ1n) is 8.25. The number of nitrogens with zero attached hydrogens (tertiary/aromatic N) is 2. The summed E-state index contributed by atoms with van der Waals surface area (Å²) in [6.45, 7) is 0.611. The third-order valence-electron chi connectivity index (χ3n) is 4.85. The molecule has 2 saturated heterocycles. The first kappa shape index (κ1) is 16.3. The first-order chi connectivity index (χ1) is 12.5. The minimum atomic E-state index is -1.29. The maximum atomic E-state index is 12.7. The number of fused-ring (bicyclic) bond motifs is 1. The number of rotatable bonds is 3. The van der Waals surface area contributed by atoms with E-state index in [-0.39, 0.29) is 24.0 Å². The quantitative estimate of drug-likeness (QED) is 0.592. The second kappa shape index (κ2) is 5.99. The number of aliphatic carboxylic acids is 1. The molecule has 0 spiro atoms. The van der Waals surface area contributed by atoms with Crippen molar-refractivity contribution in [3.8, 4) is 0 Å². The van der Waals surface area contributed by atoms with Crippen LogP contribution in [0, 0.1) is 0 Å². The number of carboxylic acids is 1. The van der Waals surface area contributed by atoms with E-state index >= 15 is 0 Å². The molecule has 2 amide bonds. The molecule has 0 radical (unpaired) electrons. The number of carbonyl (C=O) groups is 3. The lowest BCUT2D eigenvalue weighted by Crippen LogP contribution is -2.71. The molecule has 8 nitrogen and oxygen atoms in total. The fourth-order valence-electron chi connectivity index (χ4n) is 3.46. The lowest BCUT2D eigenvalue weighted by atomic mass is 9.93. The van der Waals surface area contributed by atoms with E-state index in [2.05, 4.69) is 0 Å². The Bertz CT molecular complexity index is 861. The number of allylic oxidation sites excluding steroid dienone is 1. The Morgan fingerprint density at radius 1 is 1.27 bits per heavy atom. The molecule has 2 fully saturated rings. The van der Waals surface area contributed by atoms with Gasteiger partial charge in [0.05, 0.1) is 6.04 Å². The van der Waals surface area contributed by atoms with E-state index in [9.17, 15) is 19.5 Å². The topological polar surface area (TPSA) is 113 Å². The molecule has 0 bridgehead atoms. The highest BCUT2D eigenvalue weighted by Gasteiger charge is 2.52. The minimum Gasteiger partial charge on any atom is -0.489 e. The van der Waals surface area contributed by atoms with Crippen molar-refractivity contribution in [2.75, 3.05) is 18.1 Å². The van der Waals surface area contributed by atoms with Gasteiger partial charge in [0.1, 0.15) is 12.6 Å². The summed E-state index contributed by atoms with van der Waals surface area (Å²) in [5.41, 5.74) is 6.65. The summed E-state index contributed by atoms with van der Waals surface area (Å²) < 4.78 is 5.53. The summed E-state index contributed by atoms with van der Waals surface area (Å²) in [7, 11) is 0. The van der Waals surface area contributed by atoms with Gasteiger partial charge in [-0.3, -0.25) is 14.5 Å². The van der Waals surface area contributed by atoms with Crippen molar-refractivity contribution in [3.63, 3.8) is 0 Å². The summed E-state index contributed by atoms with van der Waals surface area (Å²) >= 11 is 0. The highest BCUT2D eigenvalue weighted by Crippen LogP contribution is 2.33. The average molecular weight is 355 g/mol. The van der Waals surface area contributed by atoms with Crippen LogP contribution in [-0.2, 0) is 19.1 Å². The van der Waals surface area contributed by atoms with Crippen LogP contribution >= 0.6 is 0 Å². The van der Waals surface area contributed by atoms with Crippen LogP contribution in [0.2, 0.25) is 0 Å². The number of ether oxygens (including phenoxy) is 1. The van der Waals surface area contributed by atoms with Gasteiger partial charge >= 0.3 is 5.97 Å². The minimum absolute atomic E-state index is 0.0206. The van der Waals surface area contributed by atoms with Gasteiger partial charge in [-0.1, -0.05) is 18.2 Å². The van der Waals surface area contributed by atoms with E-state index < -0.39 is 24.0 Å². The molecule has 8 heteroatoms. The van der Waals surface area contributed by atoms with E-state index in [1.165, 1.54) is 6.08 Å². The van der Waals surface area contributed by atoms with Crippen molar-refractivity contribution < 1.29 is 24.2 Å². The number of nitrogens with two attached hydrogens (primary N) is 1. The number of hydrogen-bond donors (Lipinski definition) is 2. The molecule has 0 unspecified atom stereocenters. The van der Waals surface area contributed by atoms with Crippen LogP contribution in [0.25, 0.3) is 0 Å². The molecule has 2 atom stereocenters. The second-order valence-electron chi connectivity index (χ2n) is 6.34. The van der Waals surface area contributed by atoms with Gasteiger partial charge in [0.2, 0.25) is 5.91 Å². The van der Waals surface area contributed by atoms with E-state index in [0.29, 0.717) is 18.5 Å². The van der Waals surface area contributed by atoms with Crippen LogP contribution in [0.5, 0.6) is 0 Å². The molecule has 0 aromatic heterocycles. The zero-order chi connectivity index (χ0) is 18.4. The first-order valence-corrected chi connectivity index (χ1v) is 8.25. The Hall–Kier alpha value is -3.13. The molecular weight excluding hydrogens is 338 g/mol. The predicted molar refractivity (Wildman–Crippen MR) is 90.7 cm³/mol. The summed E-state index contributed by atoms with van der Waals surface area (Å²) in [6, 6.07) is 8.01. The standard InChI is InChI=1S/C18H17N3O5/c19-14-12-9-26-13(15(18(24)25)21(12)17(14)23)8-10-6-7-20(16(10)22)11-4-2-1-3-5-11/h1-5,8,12,14H,6-7,9,19H2,(H,24,25)/b10-8+/t12-,14+/m1/s1. The Morgan fingerprint density at radius 3 is 2.69 bits per heavy atom. The van der Waals surface area contributed by atoms with Gasteiger partial charge in [-0.15, -0.1) is 0 Å². The van der Waals surface area contributed by atoms with Gasteiger partial charge in [0.25, 0.3) is 5.91 Å². The zero-order valence-electron chi connectivity index (χ0n) is 13.8. The summed E-state index contributed by atoms with van der Waals surface area (Å²) in [4.78, 5) is 39.0. The van der Waals surface area contributed by atoms with Crippen LogP contribution in [-0.4, -0.2) is 53.0 Å². The van der Waals surface area contributed by atoms with Crippen LogP contribution in [0.4, 0.5) is 5.69 Å². The Kier molecular flexibility index (Phi) is 3.77. The summed E-state index contributed by atoms with van der Waals surface area (Å²) in [5, 5.41) is 9.51. The zero-order valence-corrected chi connectivity index (χ0v) is 13.8. The number of para-hydroxylation sites is 1. The molecular formula is C18H17N3O5. The lowest BCUT2D eigenvalue weighted by Gasteiger charge is -2.47. The molecule has 0 saturated carbocycles. The maximum absolute atomic E-state index is 12.7. The van der Waals surface area contributed by atoms with Crippen molar-refractivity contribution >= 4 is 23.5 Å². The smallest absolute Gasteiger partial charge is 0.356 e. The number of carbonyl (C=O) groups excluding carboxylic acids is 2. The van der Waals surface area contributed by atoms with Gasteiger partial charge in [0.15, 0.2) is 11.5 Å². The Balaban J connectivity index is 1.66. The number of hydrogen-bond acceptors (Lipinski definition) is 5. The number of anilines is 1. The summed E-state index contributed by atoms with van der Waals surface area (Å²) in [5.74, 6) is -1.92. The molecule has 3 aliphatic rings. The Labute approximate surface area is 149 Å². The van der Waals surface area contributed by atoms with E-state index in [1.807, 2.05) is 30.3 Å². The molecule has 3 aliphatic heterocycles. The van der Waals surface area contributed by atoms with Gasteiger partial charge in [-0.2, -0.15) is 0 Å². The van der Waals surface area contributed by atoms with Crippen molar-refractivity contribution in [3.05, 3.63) is 53.4 Å². The van der Waals surface area contributed by atoms with Gasteiger partial charge in [-0.25, -0.2) is 4.79 Å². The Morgan fingerprint density at radius 2 is 2.00 bits per heavy atom. The lowest BCUT2D eigenvalue weighted by molar-refractivity contribution is -0.156. The fraction of sp³-hybridized carbons (Fsp3) is 0.278. The number of benzene rings is 1. The monoisotopic (exact) mass is 355 g/mol. The van der Waals surface area contributed by atoms with Gasteiger partial charge in [-0.05, 0) is 24.6 Å². The van der Waals surface area contributed by atoms with Crippen molar-refractivity contribution in [1.82, 2.24) is 4.90 Å². The molecule has 4 rings (SSSR count). The molecule has 134 valence electrons. The third-order valence-corrected chi connectivity index (χ3v) is 4.85. The SMILES string of the molecule is N[C@@H]1C(=O)N2C(C(=O)O)=C(/C=C3\CCN(c4ccccc4)C3=O)OC[C@H]12. The van der Waals surface area contributed by atoms with Gasteiger partial charge < -0.3 is 20.5 Å². The second-order valence-corrected chi connectivity index (χ2v) is 6.34. The van der Waals surface area contributed by atoms with E-state index in [1.54, 1.807) is 4.90 Å². The van der Waals surface area contributed by atoms with Crippen molar-refractivity contribution in [2.24, 2.45) is 5.73 Å². The maximum Gasteiger partial charge on any atom is 0.356 e. The van der Waals surface area contributed by atoms with E-state index in [0.717, 1.165) is 10.6 Å². The molecule has 1 aromatic carbocycles. The molecule has 3 heterocycles.